The van der Waals surface area contributed by atoms with Gasteiger partial charge in [0.2, 0.25) is 0 Å². The Hall–Kier alpha value is -1.40. The van der Waals surface area contributed by atoms with Crippen molar-refractivity contribution in [2.45, 2.75) is 44.2 Å². The second kappa shape index (κ2) is 5.77. The van der Waals surface area contributed by atoms with E-state index in [0.717, 1.165) is 35.9 Å². The molecule has 1 aromatic carbocycles. The van der Waals surface area contributed by atoms with E-state index in [1.165, 1.54) is 0 Å². The molecule has 6 heteroatoms. The fourth-order valence-corrected chi connectivity index (χ4v) is 2.86. The average molecular weight is 352 g/mol. The third kappa shape index (κ3) is 3.11. The van der Waals surface area contributed by atoms with Crippen molar-refractivity contribution < 1.29 is 9.26 Å². The second-order valence-electron chi connectivity index (χ2n) is 5.53. The van der Waals surface area contributed by atoms with Crippen LogP contribution < -0.4 is 10.5 Å². The molecule has 1 saturated carbocycles. The molecule has 5 nitrogen and oxygen atoms in total. The van der Waals surface area contributed by atoms with E-state index in [-0.39, 0.29) is 6.10 Å². The van der Waals surface area contributed by atoms with Crippen LogP contribution in [0.4, 0.5) is 0 Å². The molecule has 0 amide bonds. The van der Waals surface area contributed by atoms with Gasteiger partial charge in [0.1, 0.15) is 5.75 Å². The summed E-state index contributed by atoms with van der Waals surface area (Å²) in [4.78, 5) is 4.44. The van der Waals surface area contributed by atoms with Gasteiger partial charge in [-0.15, -0.1) is 0 Å². The van der Waals surface area contributed by atoms with Crippen LogP contribution in [0.1, 0.15) is 50.4 Å². The van der Waals surface area contributed by atoms with Crippen molar-refractivity contribution in [2.24, 2.45) is 5.73 Å². The maximum absolute atomic E-state index is 6.33. The molecule has 1 aliphatic rings. The van der Waals surface area contributed by atoms with Crippen molar-refractivity contribution in [3.05, 3.63) is 40.5 Å². The zero-order valence-electron chi connectivity index (χ0n) is 11.9. The fraction of sp³-hybridized carbons (Fsp3) is 0.467. The molecule has 21 heavy (non-hydrogen) atoms. The lowest BCUT2D eigenvalue weighted by Crippen LogP contribution is -2.34. The third-order valence-corrected chi connectivity index (χ3v) is 4.39. The molecule has 2 aromatic rings. The highest BCUT2D eigenvalue weighted by atomic mass is 79.9. The van der Waals surface area contributed by atoms with Gasteiger partial charge in [-0.3, -0.25) is 0 Å². The van der Waals surface area contributed by atoms with Crippen LogP contribution in [0.5, 0.6) is 5.75 Å². The minimum Gasteiger partial charge on any atom is -0.481 e. The van der Waals surface area contributed by atoms with E-state index in [1.54, 1.807) is 0 Å². The Labute approximate surface area is 132 Å². The molecule has 1 atom stereocenters. The monoisotopic (exact) mass is 351 g/mol. The lowest BCUT2D eigenvalue weighted by Gasteiger charge is -2.17. The summed E-state index contributed by atoms with van der Waals surface area (Å²) in [6.07, 6.45) is 3.75. The SMILES string of the molecule is CC(Oc1ccc(Br)cc1)c1nc(C2(N)CCCC2)no1. The van der Waals surface area contributed by atoms with E-state index in [0.29, 0.717) is 11.7 Å². The number of benzene rings is 1. The smallest absolute Gasteiger partial charge is 0.267 e. The largest absolute Gasteiger partial charge is 0.481 e. The highest BCUT2D eigenvalue weighted by Gasteiger charge is 2.36. The summed E-state index contributed by atoms with van der Waals surface area (Å²) in [6, 6.07) is 7.63. The summed E-state index contributed by atoms with van der Waals surface area (Å²) in [5, 5.41) is 4.05. The molecule has 1 heterocycles. The number of nitrogens with zero attached hydrogens (tertiary/aromatic N) is 2. The van der Waals surface area contributed by atoms with Crippen LogP contribution in [0.3, 0.4) is 0 Å². The second-order valence-corrected chi connectivity index (χ2v) is 6.45. The van der Waals surface area contributed by atoms with Gasteiger partial charge in [-0.05, 0) is 44.0 Å². The summed E-state index contributed by atoms with van der Waals surface area (Å²) in [5.74, 6) is 1.82. The molecule has 0 aliphatic heterocycles. The molecule has 1 fully saturated rings. The topological polar surface area (TPSA) is 74.2 Å². The normalized spacial score (nSPS) is 18.6. The lowest BCUT2D eigenvalue weighted by molar-refractivity contribution is 0.175. The summed E-state index contributed by atoms with van der Waals surface area (Å²) in [5.41, 5.74) is 5.90. The van der Waals surface area contributed by atoms with Crippen molar-refractivity contribution in [1.82, 2.24) is 10.1 Å². The summed E-state index contributed by atoms with van der Waals surface area (Å²) in [6.45, 7) is 1.89. The molecule has 0 radical (unpaired) electrons. The van der Waals surface area contributed by atoms with Gasteiger partial charge in [-0.25, -0.2) is 0 Å². The molecular formula is C15H18BrN3O2. The van der Waals surface area contributed by atoms with Crippen molar-refractivity contribution in [3.63, 3.8) is 0 Å². The lowest BCUT2D eigenvalue weighted by atomic mass is 9.99. The van der Waals surface area contributed by atoms with Crippen LogP contribution in [0.2, 0.25) is 0 Å². The predicted molar refractivity (Wildman–Crippen MR) is 81.8 cm³/mol. The Balaban J connectivity index is 1.72. The van der Waals surface area contributed by atoms with E-state index < -0.39 is 5.54 Å². The predicted octanol–water partition coefficient (Wildman–Crippen LogP) is 3.70. The average Bonchev–Trinajstić information content (AvgIpc) is 3.11. The van der Waals surface area contributed by atoms with Crippen LogP contribution in [-0.4, -0.2) is 10.1 Å². The molecule has 112 valence electrons. The fourth-order valence-electron chi connectivity index (χ4n) is 2.60. The number of halogens is 1. The summed E-state index contributed by atoms with van der Waals surface area (Å²) >= 11 is 3.39. The summed E-state index contributed by atoms with van der Waals surface area (Å²) < 4.78 is 12.1. The first-order valence-electron chi connectivity index (χ1n) is 7.12. The van der Waals surface area contributed by atoms with Gasteiger partial charge in [0, 0.05) is 4.47 Å². The first-order valence-corrected chi connectivity index (χ1v) is 7.91. The highest BCUT2D eigenvalue weighted by Crippen LogP contribution is 2.35. The standard InChI is InChI=1S/C15H18BrN3O2/c1-10(20-12-6-4-11(16)5-7-12)13-18-14(19-21-13)15(17)8-2-3-9-15/h4-7,10H,2-3,8-9,17H2,1H3. The Kier molecular flexibility index (Phi) is 3.99. The minimum absolute atomic E-state index is 0.308. The molecule has 2 N–H and O–H groups in total. The molecule has 3 rings (SSSR count). The van der Waals surface area contributed by atoms with E-state index in [9.17, 15) is 0 Å². The summed E-state index contributed by atoms with van der Waals surface area (Å²) in [7, 11) is 0. The zero-order valence-corrected chi connectivity index (χ0v) is 13.5. The van der Waals surface area contributed by atoms with Crippen LogP contribution in [0.25, 0.3) is 0 Å². The molecular weight excluding hydrogens is 334 g/mol. The van der Waals surface area contributed by atoms with E-state index in [2.05, 4.69) is 26.1 Å². The Morgan fingerprint density at radius 1 is 1.29 bits per heavy atom. The first kappa shape index (κ1) is 14.5. The number of ether oxygens (including phenoxy) is 1. The number of hydrogen-bond donors (Lipinski definition) is 1. The van der Waals surface area contributed by atoms with Crippen molar-refractivity contribution in [2.75, 3.05) is 0 Å². The van der Waals surface area contributed by atoms with E-state index in [4.69, 9.17) is 15.0 Å². The molecule has 0 spiro atoms. The maximum Gasteiger partial charge on any atom is 0.267 e. The van der Waals surface area contributed by atoms with E-state index in [1.807, 2.05) is 31.2 Å². The Bertz CT molecular complexity index is 606. The molecule has 1 aromatic heterocycles. The van der Waals surface area contributed by atoms with Crippen molar-refractivity contribution >= 4 is 15.9 Å². The van der Waals surface area contributed by atoms with Gasteiger partial charge in [-0.2, -0.15) is 4.98 Å². The number of rotatable bonds is 4. The van der Waals surface area contributed by atoms with Crippen LogP contribution in [0, 0.1) is 0 Å². The third-order valence-electron chi connectivity index (χ3n) is 3.86. The molecule has 1 unspecified atom stereocenters. The highest BCUT2D eigenvalue weighted by molar-refractivity contribution is 9.10. The Morgan fingerprint density at radius 2 is 1.95 bits per heavy atom. The van der Waals surface area contributed by atoms with Gasteiger partial charge >= 0.3 is 0 Å². The van der Waals surface area contributed by atoms with E-state index >= 15 is 0 Å². The van der Waals surface area contributed by atoms with Gasteiger partial charge in [0.25, 0.3) is 5.89 Å². The zero-order chi connectivity index (χ0) is 14.9. The molecule has 0 saturated heterocycles. The van der Waals surface area contributed by atoms with Crippen molar-refractivity contribution in [3.8, 4) is 5.75 Å². The van der Waals surface area contributed by atoms with Crippen LogP contribution in [-0.2, 0) is 5.54 Å². The number of aromatic nitrogens is 2. The molecule has 1 aliphatic carbocycles. The van der Waals surface area contributed by atoms with Gasteiger partial charge < -0.3 is 15.0 Å². The van der Waals surface area contributed by atoms with Gasteiger partial charge in [0.15, 0.2) is 11.9 Å². The van der Waals surface area contributed by atoms with Gasteiger partial charge in [-0.1, -0.05) is 33.9 Å². The quantitative estimate of drug-likeness (QED) is 0.908. The molecule has 0 bridgehead atoms. The number of hydrogen-bond acceptors (Lipinski definition) is 5. The maximum atomic E-state index is 6.33. The minimum atomic E-state index is -0.431. The first-order chi connectivity index (χ1) is 10.1. The van der Waals surface area contributed by atoms with Crippen LogP contribution >= 0.6 is 15.9 Å². The van der Waals surface area contributed by atoms with Crippen LogP contribution in [0.15, 0.2) is 33.3 Å². The number of nitrogens with two attached hydrogens (primary N) is 1. The van der Waals surface area contributed by atoms with Gasteiger partial charge in [0.05, 0.1) is 5.54 Å². The Morgan fingerprint density at radius 3 is 2.62 bits per heavy atom. The van der Waals surface area contributed by atoms with Crippen molar-refractivity contribution in [1.29, 1.82) is 0 Å².